The molecule has 0 bridgehead atoms. The van der Waals surface area contributed by atoms with Crippen molar-refractivity contribution >= 4 is 5.91 Å². The molecule has 0 radical (unpaired) electrons. The van der Waals surface area contributed by atoms with Crippen LogP contribution in [0.25, 0.3) is 0 Å². The maximum absolute atomic E-state index is 11.8. The first-order valence-corrected chi connectivity index (χ1v) is 8.27. The number of hydrogen-bond donors (Lipinski definition) is 2. The van der Waals surface area contributed by atoms with Crippen LogP contribution >= 0.6 is 0 Å². The van der Waals surface area contributed by atoms with Crippen molar-refractivity contribution < 1.29 is 24.2 Å². The second-order valence-corrected chi connectivity index (χ2v) is 5.67. The van der Waals surface area contributed by atoms with Gasteiger partial charge in [0.2, 0.25) is 5.91 Å². The number of carbonyl (C=O) groups excluding carboxylic acids is 1. The van der Waals surface area contributed by atoms with Crippen molar-refractivity contribution in [1.29, 1.82) is 0 Å². The molecule has 2 rings (SSSR count). The van der Waals surface area contributed by atoms with E-state index < -0.39 is 6.10 Å². The van der Waals surface area contributed by atoms with Crippen molar-refractivity contribution in [3.05, 3.63) is 24.3 Å². The molecule has 1 amide bonds. The van der Waals surface area contributed by atoms with Crippen LogP contribution in [0.2, 0.25) is 0 Å². The Morgan fingerprint density at radius 1 is 1.42 bits per heavy atom. The van der Waals surface area contributed by atoms with Crippen LogP contribution in [0, 0.1) is 0 Å². The monoisotopic (exact) mass is 338 g/mol. The van der Waals surface area contributed by atoms with E-state index in [9.17, 15) is 9.90 Å². The number of aliphatic hydroxyl groups is 1. The predicted octanol–water partition coefficient (Wildman–Crippen LogP) is 0.969. The van der Waals surface area contributed by atoms with Crippen molar-refractivity contribution in [3.8, 4) is 11.5 Å². The first-order valence-electron chi connectivity index (χ1n) is 8.27. The van der Waals surface area contributed by atoms with Gasteiger partial charge >= 0.3 is 0 Å². The van der Waals surface area contributed by atoms with Crippen molar-refractivity contribution in [2.45, 2.75) is 25.4 Å². The number of methoxy groups -OCH3 is 1. The number of aliphatic hydroxyl groups excluding tert-OH is 1. The van der Waals surface area contributed by atoms with E-state index in [4.69, 9.17) is 14.3 Å². The molecule has 0 spiro atoms. The van der Waals surface area contributed by atoms with Gasteiger partial charge in [-0.15, -0.1) is 0 Å². The molecule has 1 saturated heterocycles. The van der Waals surface area contributed by atoms with E-state index in [1.165, 1.54) is 0 Å². The van der Waals surface area contributed by atoms with Crippen LogP contribution in [-0.4, -0.2) is 62.1 Å². The zero-order valence-corrected chi connectivity index (χ0v) is 14.1. The van der Waals surface area contributed by atoms with E-state index in [1.54, 1.807) is 19.2 Å². The molecular formula is C17H26N2O5. The fourth-order valence-electron chi connectivity index (χ4n) is 2.31. The molecule has 7 heteroatoms. The number of nitrogens with one attached hydrogen (secondary N) is 1. The molecule has 1 atom stereocenters. The Kier molecular flexibility index (Phi) is 7.81. The quantitative estimate of drug-likeness (QED) is 0.698. The number of nitrogens with zero attached hydrogens (tertiary/aromatic N) is 1. The molecular weight excluding hydrogens is 312 g/mol. The molecule has 1 aromatic carbocycles. The average Bonchev–Trinajstić information content (AvgIpc) is 2.64. The lowest BCUT2D eigenvalue weighted by atomic mass is 10.3. The number of hydrogen-bond acceptors (Lipinski definition) is 6. The average molecular weight is 338 g/mol. The minimum atomic E-state index is -0.772. The largest absolute Gasteiger partial charge is 0.497 e. The Labute approximate surface area is 142 Å². The zero-order valence-electron chi connectivity index (χ0n) is 14.1. The van der Waals surface area contributed by atoms with E-state index in [0.29, 0.717) is 24.5 Å². The predicted molar refractivity (Wildman–Crippen MR) is 88.9 cm³/mol. The minimum absolute atomic E-state index is 0.0999. The molecule has 134 valence electrons. The molecule has 1 aromatic rings. The fourth-order valence-corrected chi connectivity index (χ4v) is 2.31. The maximum Gasteiger partial charge on any atom is 0.221 e. The van der Waals surface area contributed by atoms with Crippen LogP contribution in [0.3, 0.4) is 0 Å². The van der Waals surface area contributed by atoms with Gasteiger partial charge < -0.3 is 19.9 Å². The molecule has 0 aliphatic carbocycles. The third kappa shape index (κ3) is 6.74. The number of benzene rings is 1. The molecule has 0 aromatic heterocycles. The zero-order chi connectivity index (χ0) is 17.2. The Hall–Kier alpha value is -1.83. The highest BCUT2D eigenvalue weighted by molar-refractivity contribution is 5.76. The summed E-state index contributed by atoms with van der Waals surface area (Å²) >= 11 is 0. The SMILES string of the molecule is COc1cccc(OC[C@@H](O)CNC(=O)CCN2CCCCO2)c1. The van der Waals surface area contributed by atoms with Gasteiger partial charge in [-0.05, 0) is 25.0 Å². The summed E-state index contributed by atoms with van der Waals surface area (Å²) < 4.78 is 10.6. The Morgan fingerprint density at radius 3 is 3.00 bits per heavy atom. The third-order valence-corrected chi connectivity index (χ3v) is 3.68. The van der Waals surface area contributed by atoms with Gasteiger partial charge in [0.15, 0.2) is 0 Å². The highest BCUT2D eigenvalue weighted by Gasteiger charge is 2.13. The molecule has 24 heavy (non-hydrogen) atoms. The highest BCUT2D eigenvalue weighted by Crippen LogP contribution is 2.18. The van der Waals surface area contributed by atoms with Crippen LogP contribution in [0.15, 0.2) is 24.3 Å². The first kappa shape index (κ1) is 18.5. The lowest BCUT2D eigenvalue weighted by Gasteiger charge is -2.25. The van der Waals surface area contributed by atoms with E-state index >= 15 is 0 Å². The van der Waals surface area contributed by atoms with Gasteiger partial charge in [0.1, 0.15) is 24.2 Å². The van der Waals surface area contributed by atoms with Crippen molar-refractivity contribution in [2.24, 2.45) is 0 Å². The van der Waals surface area contributed by atoms with Gasteiger partial charge in [0.05, 0.1) is 13.7 Å². The van der Waals surface area contributed by atoms with Crippen LogP contribution in [-0.2, 0) is 9.63 Å². The molecule has 0 unspecified atom stereocenters. The molecule has 0 saturated carbocycles. The summed E-state index contributed by atoms with van der Waals surface area (Å²) in [7, 11) is 1.58. The maximum atomic E-state index is 11.8. The normalized spacial score (nSPS) is 16.4. The number of amides is 1. The topological polar surface area (TPSA) is 80.3 Å². The molecule has 1 heterocycles. The summed E-state index contributed by atoms with van der Waals surface area (Å²) in [5.41, 5.74) is 0. The summed E-state index contributed by atoms with van der Waals surface area (Å²) in [6.07, 6.45) is 1.75. The standard InChI is InChI=1S/C17H26N2O5/c1-22-15-5-4-6-16(11-15)23-13-14(20)12-18-17(21)7-9-19-8-2-3-10-24-19/h4-6,11,14,20H,2-3,7-10,12-13H2,1H3,(H,18,21)/t14-/m0/s1. The van der Waals surface area contributed by atoms with Gasteiger partial charge in [-0.3, -0.25) is 9.63 Å². The van der Waals surface area contributed by atoms with Crippen molar-refractivity contribution in [2.75, 3.05) is 40.0 Å². The molecule has 2 N–H and O–H groups in total. The number of rotatable bonds is 9. The fraction of sp³-hybridized carbons (Fsp3) is 0.588. The Bertz CT molecular complexity index is 506. The summed E-state index contributed by atoms with van der Waals surface area (Å²) in [4.78, 5) is 17.2. The lowest BCUT2D eigenvalue weighted by Crippen LogP contribution is -2.38. The summed E-state index contributed by atoms with van der Waals surface area (Å²) in [5, 5.41) is 14.4. The van der Waals surface area contributed by atoms with Crippen LogP contribution in [0.1, 0.15) is 19.3 Å². The number of hydroxylamine groups is 2. The van der Waals surface area contributed by atoms with Gasteiger partial charge in [0, 0.05) is 32.1 Å². The number of ether oxygens (including phenoxy) is 2. The minimum Gasteiger partial charge on any atom is -0.497 e. The van der Waals surface area contributed by atoms with Gasteiger partial charge in [0.25, 0.3) is 0 Å². The van der Waals surface area contributed by atoms with Crippen LogP contribution in [0.4, 0.5) is 0 Å². The van der Waals surface area contributed by atoms with E-state index in [0.717, 1.165) is 26.0 Å². The number of carbonyl (C=O) groups is 1. The van der Waals surface area contributed by atoms with Crippen molar-refractivity contribution in [3.63, 3.8) is 0 Å². The third-order valence-electron chi connectivity index (χ3n) is 3.68. The summed E-state index contributed by atoms with van der Waals surface area (Å²) in [6.45, 7) is 2.42. The smallest absolute Gasteiger partial charge is 0.221 e. The molecule has 7 nitrogen and oxygen atoms in total. The second-order valence-electron chi connectivity index (χ2n) is 5.67. The Morgan fingerprint density at radius 2 is 2.25 bits per heavy atom. The van der Waals surface area contributed by atoms with Crippen LogP contribution in [0.5, 0.6) is 11.5 Å². The Balaban J connectivity index is 1.59. The van der Waals surface area contributed by atoms with Crippen LogP contribution < -0.4 is 14.8 Å². The second kappa shape index (κ2) is 10.1. The van der Waals surface area contributed by atoms with Gasteiger partial charge in [-0.25, -0.2) is 0 Å². The molecule has 1 aliphatic rings. The van der Waals surface area contributed by atoms with Gasteiger partial charge in [-0.1, -0.05) is 6.07 Å². The summed E-state index contributed by atoms with van der Waals surface area (Å²) in [5.74, 6) is 1.20. The molecule has 1 aliphatic heterocycles. The van der Waals surface area contributed by atoms with Gasteiger partial charge in [-0.2, -0.15) is 5.06 Å². The lowest BCUT2D eigenvalue weighted by molar-refractivity contribution is -0.181. The summed E-state index contributed by atoms with van der Waals surface area (Å²) in [6, 6.07) is 7.15. The highest BCUT2D eigenvalue weighted by atomic mass is 16.7. The molecule has 1 fully saturated rings. The van der Waals surface area contributed by atoms with E-state index in [1.807, 2.05) is 17.2 Å². The van der Waals surface area contributed by atoms with E-state index in [-0.39, 0.29) is 19.1 Å². The van der Waals surface area contributed by atoms with Crippen molar-refractivity contribution in [1.82, 2.24) is 10.4 Å². The van der Waals surface area contributed by atoms with E-state index in [2.05, 4.69) is 5.32 Å². The first-order chi connectivity index (χ1) is 11.7.